The van der Waals surface area contributed by atoms with Gasteiger partial charge in [0.15, 0.2) is 0 Å². The van der Waals surface area contributed by atoms with E-state index in [0.29, 0.717) is 11.5 Å². The van der Waals surface area contributed by atoms with Crippen LogP contribution in [0.5, 0.6) is 11.5 Å². The van der Waals surface area contributed by atoms with Crippen molar-refractivity contribution < 1.29 is 9.84 Å². The topological polar surface area (TPSA) is 32.7 Å². The Bertz CT molecular complexity index is 382. The first-order valence-electron chi connectivity index (χ1n) is 6.18. The minimum absolute atomic E-state index is 0.330. The number of phenolic OH excluding ortho intramolecular Hbond substituents is 1. The zero-order valence-corrected chi connectivity index (χ0v) is 10.8. The Morgan fingerprint density at radius 3 is 2.47 bits per heavy atom. The minimum Gasteiger partial charge on any atom is -0.507 e. The SMILES string of the molecule is COc1ccc(CN2CC(C)C(C)C2)c(O)c1. The van der Waals surface area contributed by atoms with Gasteiger partial charge in [-0.1, -0.05) is 19.9 Å². The maximum absolute atomic E-state index is 9.91. The zero-order chi connectivity index (χ0) is 12.4. The van der Waals surface area contributed by atoms with Crippen LogP contribution in [-0.2, 0) is 6.54 Å². The molecule has 0 aromatic heterocycles. The van der Waals surface area contributed by atoms with Crippen molar-refractivity contribution in [3.8, 4) is 11.5 Å². The highest BCUT2D eigenvalue weighted by Crippen LogP contribution is 2.28. The van der Waals surface area contributed by atoms with E-state index >= 15 is 0 Å². The van der Waals surface area contributed by atoms with Gasteiger partial charge in [-0.05, 0) is 17.9 Å². The molecule has 1 N–H and O–H groups in total. The molecule has 2 unspecified atom stereocenters. The third kappa shape index (κ3) is 2.72. The molecule has 0 amide bonds. The molecule has 1 fully saturated rings. The quantitative estimate of drug-likeness (QED) is 0.873. The van der Waals surface area contributed by atoms with Crippen LogP contribution in [0.25, 0.3) is 0 Å². The highest BCUT2D eigenvalue weighted by molar-refractivity contribution is 5.39. The van der Waals surface area contributed by atoms with Crippen molar-refractivity contribution in [2.24, 2.45) is 11.8 Å². The Labute approximate surface area is 103 Å². The van der Waals surface area contributed by atoms with Gasteiger partial charge in [0.25, 0.3) is 0 Å². The van der Waals surface area contributed by atoms with E-state index in [9.17, 15) is 5.11 Å². The van der Waals surface area contributed by atoms with Crippen LogP contribution in [0.15, 0.2) is 18.2 Å². The average molecular weight is 235 g/mol. The average Bonchev–Trinajstić information content (AvgIpc) is 2.61. The number of benzene rings is 1. The van der Waals surface area contributed by atoms with Crippen LogP contribution in [-0.4, -0.2) is 30.2 Å². The third-order valence-corrected chi connectivity index (χ3v) is 3.75. The van der Waals surface area contributed by atoms with Crippen molar-refractivity contribution in [2.75, 3.05) is 20.2 Å². The maximum atomic E-state index is 9.91. The molecule has 0 saturated carbocycles. The van der Waals surface area contributed by atoms with Crippen molar-refractivity contribution in [3.05, 3.63) is 23.8 Å². The van der Waals surface area contributed by atoms with Crippen molar-refractivity contribution in [1.82, 2.24) is 4.90 Å². The van der Waals surface area contributed by atoms with E-state index in [1.165, 1.54) is 0 Å². The van der Waals surface area contributed by atoms with E-state index in [-0.39, 0.29) is 0 Å². The highest BCUT2D eigenvalue weighted by atomic mass is 16.5. The van der Waals surface area contributed by atoms with Gasteiger partial charge in [-0.3, -0.25) is 4.90 Å². The summed E-state index contributed by atoms with van der Waals surface area (Å²) < 4.78 is 5.08. The molecule has 94 valence electrons. The summed E-state index contributed by atoms with van der Waals surface area (Å²) in [6.45, 7) is 7.64. The monoisotopic (exact) mass is 235 g/mol. The van der Waals surface area contributed by atoms with Gasteiger partial charge >= 0.3 is 0 Å². The Kier molecular flexibility index (Phi) is 3.57. The molecule has 1 aliphatic heterocycles. The standard InChI is InChI=1S/C14H21NO2/c1-10-7-15(8-11(10)2)9-12-4-5-13(17-3)6-14(12)16/h4-6,10-11,16H,7-9H2,1-3H3. The van der Waals surface area contributed by atoms with Gasteiger partial charge < -0.3 is 9.84 Å². The van der Waals surface area contributed by atoms with Crippen molar-refractivity contribution in [3.63, 3.8) is 0 Å². The number of hydrogen-bond donors (Lipinski definition) is 1. The normalized spacial score (nSPS) is 25.1. The van der Waals surface area contributed by atoms with Gasteiger partial charge in [0.1, 0.15) is 11.5 Å². The lowest BCUT2D eigenvalue weighted by atomic mass is 10.0. The summed E-state index contributed by atoms with van der Waals surface area (Å²) >= 11 is 0. The molecular formula is C14H21NO2. The fourth-order valence-electron chi connectivity index (χ4n) is 2.42. The summed E-state index contributed by atoms with van der Waals surface area (Å²) in [6.07, 6.45) is 0. The van der Waals surface area contributed by atoms with Crippen LogP contribution >= 0.6 is 0 Å². The van der Waals surface area contributed by atoms with Gasteiger partial charge in [-0.2, -0.15) is 0 Å². The Hall–Kier alpha value is -1.22. The summed E-state index contributed by atoms with van der Waals surface area (Å²) in [6, 6.07) is 5.53. The largest absolute Gasteiger partial charge is 0.507 e. The fourth-order valence-corrected chi connectivity index (χ4v) is 2.42. The number of methoxy groups -OCH3 is 1. The molecule has 1 aromatic rings. The number of likely N-dealkylation sites (tertiary alicyclic amines) is 1. The predicted molar refractivity (Wildman–Crippen MR) is 68.3 cm³/mol. The third-order valence-electron chi connectivity index (χ3n) is 3.75. The number of nitrogens with zero attached hydrogens (tertiary/aromatic N) is 1. The fraction of sp³-hybridized carbons (Fsp3) is 0.571. The van der Waals surface area contributed by atoms with Crippen LogP contribution < -0.4 is 4.74 Å². The lowest BCUT2D eigenvalue weighted by Gasteiger charge is -2.16. The van der Waals surface area contributed by atoms with Crippen LogP contribution in [0.2, 0.25) is 0 Å². The number of rotatable bonds is 3. The maximum Gasteiger partial charge on any atom is 0.123 e. The first-order valence-corrected chi connectivity index (χ1v) is 6.18. The molecule has 2 atom stereocenters. The van der Waals surface area contributed by atoms with E-state index in [1.807, 2.05) is 12.1 Å². The molecule has 0 radical (unpaired) electrons. The van der Waals surface area contributed by atoms with Gasteiger partial charge in [0.05, 0.1) is 7.11 Å². The number of ether oxygens (including phenoxy) is 1. The van der Waals surface area contributed by atoms with Crippen LogP contribution in [0, 0.1) is 11.8 Å². The second kappa shape index (κ2) is 4.96. The number of aromatic hydroxyl groups is 1. The zero-order valence-electron chi connectivity index (χ0n) is 10.8. The molecular weight excluding hydrogens is 214 g/mol. The van der Waals surface area contributed by atoms with E-state index in [4.69, 9.17) is 4.74 Å². The molecule has 1 saturated heterocycles. The minimum atomic E-state index is 0.330. The summed E-state index contributed by atoms with van der Waals surface area (Å²) in [5.74, 6) is 2.52. The molecule has 1 aliphatic rings. The van der Waals surface area contributed by atoms with E-state index in [2.05, 4.69) is 18.7 Å². The van der Waals surface area contributed by atoms with Crippen molar-refractivity contribution in [2.45, 2.75) is 20.4 Å². The van der Waals surface area contributed by atoms with E-state index in [1.54, 1.807) is 13.2 Å². The summed E-state index contributed by atoms with van der Waals surface area (Å²) in [5.41, 5.74) is 0.979. The van der Waals surface area contributed by atoms with Crippen LogP contribution in [0.3, 0.4) is 0 Å². The van der Waals surface area contributed by atoms with Crippen LogP contribution in [0.1, 0.15) is 19.4 Å². The number of hydrogen-bond acceptors (Lipinski definition) is 3. The molecule has 0 spiro atoms. The molecule has 0 bridgehead atoms. The molecule has 3 heteroatoms. The smallest absolute Gasteiger partial charge is 0.123 e. The van der Waals surface area contributed by atoms with Crippen molar-refractivity contribution >= 4 is 0 Å². The lowest BCUT2D eigenvalue weighted by Crippen LogP contribution is -2.20. The van der Waals surface area contributed by atoms with Gasteiger partial charge in [0.2, 0.25) is 0 Å². The molecule has 1 aromatic carbocycles. The van der Waals surface area contributed by atoms with Gasteiger partial charge in [-0.25, -0.2) is 0 Å². The first-order chi connectivity index (χ1) is 8.10. The Morgan fingerprint density at radius 2 is 1.94 bits per heavy atom. The first kappa shape index (κ1) is 12.2. The number of phenols is 1. The molecule has 17 heavy (non-hydrogen) atoms. The lowest BCUT2D eigenvalue weighted by molar-refractivity contribution is 0.309. The van der Waals surface area contributed by atoms with E-state index in [0.717, 1.165) is 37.0 Å². The predicted octanol–water partition coefficient (Wildman–Crippen LogP) is 2.49. The summed E-state index contributed by atoms with van der Waals surface area (Å²) in [7, 11) is 1.61. The second-order valence-electron chi connectivity index (χ2n) is 5.14. The summed E-state index contributed by atoms with van der Waals surface area (Å²) in [4.78, 5) is 2.40. The highest BCUT2D eigenvalue weighted by Gasteiger charge is 2.26. The molecule has 3 nitrogen and oxygen atoms in total. The van der Waals surface area contributed by atoms with Crippen LogP contribution in [0.4, 0.5) is 0 Å². The van der Waals surface area contributed by atoms with Gasteiger partial charge in [0, 0.05) is 31.3 Å². The van der Waals surface area contributed by atoms with Gasteiger partial charge in [-0.15, -0.1) is 0 Å². The molecule has 0 aliphatic carbocycles. The molecule has 1 heterocycles. The molecule has 2 rings (SSSR count). The van der Waals surface area contributed by atoms with Crippen molar-refractivity contribution in [1.29, 1.82) is 0 Å². The Morgan fingerprint density at radius 1 is 1.29 bits per heavy atom. The Balaban J connectivity index is 2.04. The second-order valence-corrected chi connectivity index (χ2v) is 5.14. The van der Waals surface area contributed by atoms with E-state index < -0.39 is 0 Å². The summed E-state index contributed by atoms with van der Waals surface area (Å²) in [5, 5.41) is 9.91.